The highest BCUT2D eigenvalue weighted by Crippen LogP contribution is 2.41. The quantitative estimate of drug-likeness (QED) is 0.229. The van der Waals surface area contributed by atoms with Crippen LogP contribution in [0.4, 0.5) is 9.18 Å². The minimum absolute atomic E-state index is 0.133. The predicted molar refractivity (Wildman–Crippen MR) is 66.1 cm³/mol. The van der Waals surface area contributed by atoms with Gasteiger partial charge in [0.05, 0.1) is 0 Å². The molecule has 21 heavy (non-hydrogen) atoms. The number of imide groups is 1. The molecule has 2 aliphatic heterocycles. The maximum atomic E-state index is 13.5. The van der Waals surface area contributed by atoms with Crippen LogP contribution < -0.4 is 26.6 Å². The normalized spacial score (nSPS) is 26.7. The van der Waals surface area contributed by atoms with Gasteiger partial charge in [0.2, 0.25) is 0 Å². The van der Waals surface area contributed by atoms with Crippen LogP contribution >= 0.6 is 0 Å². The van der Waals surface area contributed by atoms with E-state index in [-0.39, 0.29) is 17.7 Å². The standard InChI is InChI=1S/C12H11FN4O4/c13-5-1-2-7-6(3-5)12(10(19)15-11(20)16-12)4-8(21-7)9(18)17-14/h1-3,8H,4,14H2,(H,17,18)(H2,15,16,19,20)/t8-,12+/m1/s1. The van der Waals surface area contributed by atoms with E-state index in [1.54, 1.807) is 0 Å². The number of carbonyl (C=O) groups is 3. The molecule has 0 aliphatic carbocycles. The van der Waals surface area contributed by atoms with Crippen LogP contribution in [0.3, 0.4) is 0 Å². The lowest BCUT2D eigenvalue weighted by atomic mass is 9.81. The summed E-state index contributed by atoms with van der Waals surface area (Å²) >= 11 is 0. The summed E-state index contributed by atoms with van der Waals surface area (Å²) in [6.07, 6.45) is -1.28. The minimum atomic E-state index is -1.55. The molecule has 1 aromatic carbocycles. The molecule has 2 aliphatic rings. The summed E-state index contributed by atoms with van der Waals surface area (Å²) < 4.78 is 18.9. The maximum Gasteiger partial charge on any atom is 0.322 e. The third kappa shape index (κ3) is 1.89. The largest absolute Gasteiger partial charge is 0.480 e. The summed E-state index contributed by atoms with van der Waals surface area (Å²) in [7, 11) is 0. The van der Waals surface area contributed by atoms with Crippen molar-refractivity contribution in [3.63, 3.8) is 0 Å². The number of urea groups is 1. The van der Waals surface area contributed by atoms with Gasteiger partial charge in [0, 0.05) is 12.0 Å². The third-order valence-corrected chi connectivity index (χ3v) is 3.54. The Morgan fingerprint density at radius 1 is 1.48 bits per heavy atom. The molecule has 4 amide bonds. The van der Waals surface area contributed by atoms with Crippen molar-refractivity contribution >= 4 is 17.8 Å². The van der Waals surface area contributed by atoms with Crippen molar-refractivity contribution in [1.29, 1.82) is 0 Å². The number of hydrazine groups is 1. The Hall–Kier alpha value is -2.68. The van der Waals surface area contributed by atoms with Crippen molar-refractivity contribution < 1.29 is 23.5 Å². The van der Waals surface area contributed by atoms with E-state index in [2.05, 4.69) is 10.6 Å². The summed E-state index contributed by atoms with van der Waals surface area (Å²) in [5, 5.41) is 4.53. The van der Waals surface area contributed by atoms with Crippen molar-refractivity contribution in [3.8, 4) is 5.75 Å². The van der Waals surface area contributed by atoms with E-state index in [4.69, 9.17) is 10.6 Å². The van der Waals surface area contributed by atoms with Crippen LogP contribution in [-0.4, -0.2) is 23.9 Å². The summed E-state index contributed by atoms with van der Waals surface area (Å²) in [4.78, 5) is 35.3. The average Bonchev–Trinajstić information content (AvgIpc) is 2.73. The molecule has 0 aromatic heterocycles. The number of benzene rings is 1. The van der Waals surface area contributed by atoms with Crippen LogP contribution in [0.2, 0.25) is 0 Å². The number of carbonyl (C=O) groups excluding carboxylic acids is 3. The van der Waals surface area contributed by atoms with E-state index in [1.165, 1.54) is 6.07 Å². The van der Waals surface area contributed by atoms with Gasteiger partial charge in [-0.3, -0.25) is 20.3 Å². The predicted octanol–water partition coefficient (Wildman–Crippen LogP) is -0.999. The van der Waals surface area contributed by atoms with Gasteiger partial charge in [0.15, 0.2) is 11.6 Å². The molecule has 3 rings (SSSR count). The number of amides is 4. The summed E-state index contributed by atoms with van der Waals surface area (Å²) in [6.45, 7) is 0. The molecular weight excluding hydrogens is 283 g/mol. The monoisotopic (exact) mass is 294 g/mol. The van der Waals surface area contributed by atoms with E-state index in [0.717, 1.165) is 12.1 Å². The highest BCUT2D eigenvalue weighted by Gasteiger charge is 2.54. The van der Waals surface area contributed by atoms with Crippen LogP contribution in [0, 0.1) is 5.82 Å². The molecule has 1 spiro atoms. The third-order valence-electron chi connectivity index (χ3n) is 3.54. The molecule has 2 atom stereocenters. The van der Waals surface area contributed by atoms with Crippen LogP contribution in [0.15, 0.2) is 18.2 Å². The number of nitrogens with two attached hydrogens (primary N) is 1. The zero-order valence-electron chi connectivity index (χ0n) is 10.6. The number of hydrogen-bond donors (Lipinski definition) is 4. The molecule has 1 aromatic rings. The molecule has 0 saturated carbocycles. The summed E-state index contributed by atoms with van der Waals surface area (Å²) in [5.41, 5.74) is 0.534. The molecule has 5 N–H and O–H groups in total. The Morgan fingerprint density at radius 3 is 2.86 bits per heavy atom. The van der Waals surface area contributed by atoms with Gasteiger partial charge in [0.25, 0.3) is 11.8 Å². The second-order valence-corrected chi connectivity index (χ2v) is 4.77. The van der Waals surface area contributed by atoms with E-state index >= 15 is 0 Å². The van der Waals surface area contributed by atoms with Crippen molar-refractivity contribution in [2.45, 2.75) is 18.1 Å². The zero-order chi connectivity index (χ0) is 15.2. The van der Waals surface area contributed by atoms with Gasteiger partial charge in [0.1, 0.15) is 11.6 Å². The van der Waals surface area contributed by atoms with Gasteiger partial charge in [-0.15, -0.1) is 0 Å². The fraction of sp³-hybridized carbons (Fsp3) is 0.250. The summed E-state index contributed by atoms with van der Waals surface area (Å²) in [6, 6.07) is 2.80. The van der Waals surface area contributed by atoms with Gasteiger partial charge >= 0.3 is 6.03 Å². The van der Waals surface area contributed by atoms with Crippen LogP contribution in [-0.2, 0) is 15.1 Å². The lowest BCUT2D eigenvalue weighted by Gasteiger charge is -2.36. The van der Waals surface area contributed by atoms with E-state index in [0.29, 0.717) is 0 Å². The topological polar surface area (TPSA) is 123 Å². The lowest BCUT2D eigenvalue weighted by molar-refractivity contribution is -0.133. The first-order valence-electron chi connectivity index (χ1n) is 6.07. The first-order valence-corrected chi connectivity index (χ1v) is 6.07. The number of fused-ring (bicyclic) bond motifs is 2. The Labute approximate surface area is 117 Å². The zero-order valence-corrected chi connectivity index (χ0v) is 10.6. The van der Waals surface area contributed by atoms with Crippen LogP contribution in [0.5, 0.6) is 5.75 Å². The van der Waals surface area contributed by atoms with Gasteiger partial charge in [-0.05, 0) is 18.2 Å². The lowest BCUT2D eigenvalue weighted by Crippen LogP contribution is -2.55. The fourth-order valence-electron chi connectivity index (χ4n) is 2.59. The Morgan fingerprint density at radius 2 is 2.24 bits per heavy atom. The second kappa shape index (κ2) is 4.42. The molecule has 8 nitrogen and oxygen atoms in total. The maximum absolute atomic E-state index is 13.5. The summed E-state index contributed by atoms with van der Waals surface area (Å²) in [5.74, 6) is 3.29. The second-order valence-electron chi connectivity index (χ2n) is 4.77. The number of halogens is 1. The number of rotatable bonds is 1. The Kier molecular flexibility index (Phi) is 2.80. The molecule has 0 unspecified atom stereocenters. The number of nitrogens with one attached hydrogen (secondary N) is 3. The van der Waals surface area contributed by atoms with Crippen molar-refractivity contribution in [3.05, 3.63) is 29.6 Å². The Bertz CT molecular complexity index is 665. The number of ether oxygens (including phenoxy) is 1. The number of hydrogen-bond acceptors (Lipinski definition) is 5. The van der Waals surface area contributed by atoms with Crippen molar-refractivity contribution in [1.82, 2.24) is 16.1 Å². The van der Waals surface area contributed by atoms with Gasteiger partial charge in [-0.1, -0.05) is 0 Å². The SMILES string of the molecule is NNC(=O)[C@H]1C[C@]2(NC(=O)NC2=O)c2cc(F)ccc2O1. The molecule has 110 valence electrons. The van der Waals surface area contributed by atoms with Crippen LogP contribution in [0.1, 0.15) is 12.0 Å². The van der Waals surface area contributed by atoms with Gasteiger partial charge in [-0.25, -0.2) is 15.0 Å². The van der Waals surface area contributed by atoms with Gasteiger partial charge in [-0.2, -0.15) is 0 Å². The van der Waals surface area contributed by atoms with E-state index in [1.807, 2.05) is 5.43 Å². The minimum Gasteiger partial charge on any atom is -0.480 e. The first-order chi connectivity index (χ1) is 9.96. The molecule has 2 heterocycles. The molecule has 9 heteroatoms. The molecule has 0 radical (unpaired) electrons. The molecule has 0 bridgehead atoms. The smallest absolute Gasteiger partial charge is 0.322 e. The van der Waals surface area contributed by atoms with Crippen molar-refractivity contribution in [2.24, 2.45) is 5.84 Å². The van der Waals surface area contributed by atoms with Crippen LogP contribution in [0.25, 0.3) is 0 Å². The fourth-order valence-corrected chi connectivity index (χ4v) is 2.59. The van der Waals surface area contributed by atoms with E-state index in [9.17, 15) is 18.8 Å². The Balaban J connectivity index is 2.14. The van der Waals surface area contributed by atoms with Crippen molar-refractivity contribution in [2.75, 3.05) is 0 Å². The van der Waals surface area contributed by atoms with E-state index < -0.39 is 35.3 Å². The molecular formula is C12H11FN4O4. The highest BCUT2D eigenvalue weighted by molar-refractivity contribution is 6.08. The molecule has 1 saturated heterocycles. The first kappa shape index (κ1) is 13.3. The highest BCUT2D eigenvalue weighted by atomic mass is 19.1. The average molecular weight is 294 g/mol. The molecule has 1 fully saturated rings. The van der Waals surface area contributed by atoms with Gasteiger partial charge < -0.3 is 10.1 Å².